The highest BCUT2D eigenvalue weighted by atomic mass is 32.2. The molecule has 110 valence electrons. The van der Waals surface area contributed by atoms with Gasteiger partial charge in [0.25, 0.3) is 0 Å². The number of rotatable bonds is 3. The molecule has 2 aromatic rings. The van der Waals surface area contributed by atoms with E-state index in [1.54, 1.807) is 6.07 Å². The van der Waals surface area contributed by atoms with Crippen LogP contribution in [0.3, 0.4) is 0 Å². The van der Waals surface area contributed by atoms with Gasteiger partial charge in [-0.2, -0.15) is 0 Å². The second-order valence-electron chi connectivity index (χ2n) is 4.89. The Morgan fingerprint density at radius 2 is 1.86 bits per heavy atom. The van der Waals surface area contributed by atoms with Crippen LogP contribution in [0.15, 0.2) is 46.2 Å². The monoisotopic (exact) mass is 305 g/mol. The van der Waals surface area contributed by atoms with E-state index in [0.29, 0.717) is 23.9 Å². The van der Waals surface area contributed by atoms with E-state index in [1.807, 2.05) is 31.2 Å². The van der Waals surface area contributed by atoms with E-state index in [0.717, 1.165) is 16.2 Å². The van der Waals surface area contributed by atoms with Gasteiger partial charge in [0.2, 0.25) is 0 Å². The second-order valence-corrected chi connectivity index (χ2v) is 6.00. The van der Waals surface area contributed by atoms with Crippen LogP contribution in [0.25, 0.3) is 0 Å². The van der Waals surface area contributed by atoms with Gasteiger partial charge in [0.1, 0.15) is 19.0 Å². The third kappa shape index (κ3) is 3.14. The summed E-state index contributed by atoms with van der Waals surface area (Å²) < 4.78 is 25.1. The fraction of sp³-hybridized carbons (Fsp3) is 0.250. The summed E-state index contributed by atoms with van der Waals surface area (Å²) in [6.07, 6.45) is 0. The van der Waals surface area contributed by atoms with Gasteiger partial charge in [0.05, 0.1) is 0 Å². The zero-order valence-corrected chi connectivity index (χ0v) is 12.5. The first-order valence-corrected chi connectivity index (χ1v) is 7.57. The Morgan fingerprint density at radius 1 is 1.10 bits per heavy atom. The molecule has 2 aromatic carbocycles. The zero-order chi connectivity index (χ0) is 14.8. The first-order chi connectivity index (χ1) is 10.1. The maximum absolute atomic E-state index is 14.1. The molecule has 0 bridgehead atoms. The Kier molecular flexibility index (Phi) is 4.03. The number of halogens is 1. The molecule has 0 amide bonds. The lowest BCUT2D eigenvalue weighted by Crippen LogP contribution is -2.15. The Morgan fingerprint density at radius 3 is 2.57 bits per heavy atom. The zero-order valence-electron chi connectivity index (χ0n) is 11.6. The molecular weight excluding hydrogens is 289 g/mol. The highest BCUT2D eigenvalue weighted by molar-refractivity contribution is 7.99. The van der Waals surface area contributed by atoms with Crippen LogP contribution in [-0.4, -0.2) is 13.2 Å². The molecule has 3 nitrogen and oxygen atoms in total. The fourth-order valence-electron chi connectivity index (χ4n) is 2.10. The molecule has 1 atom stereocenters. The molecule has 0 spiro atoms. The standard InChI is InChI=1S/C16H16FNO2S/c1-10(18)11-2-5-16(13(17)8-11)21-12-3-4-14-15(9-12)20-7-6-19-14/h2-5,8-10H,6-7,18H2,1H3/t10-/m1/s1. The molecule has 0 aromatic heterocycles. The number of ether oxygens (including phenoxy) is 2. The lowest BCUT2D eigenvalue weighted by molar-refractivity contribution is 0.171. The average molecular weight is 305 g/mol. The Balaban J connectivity index is 1.83. The molecule has 0 unspecified atom stereocenters. The van der Waals surface area contributed by atoms with Crippen molar-refractivity contribution >= 4 is 11.8 Å². The van der Waals surface area contributed by atoms with Crippen molar-refractivity contribution < 1.29 is 13.9 Å². The summed E-state index contributed by atoms with van der Waals surface area (Å²) in [5, 5.41) is 0. The maximum atomic E-state index is 14.1. The summed E-state index contributed by atoms with van der Waals surface area (Å²) in [5.41, 5.74) is 6.55. The van der Waals surface area contributed by atoms with E-state index in [1.165, 1.54) is 17.8 Å². The van der Waals surface area contributed by atoms with E-state index in [2.05, 4.69) is 0 Å². The highest BCUT2D eigenvalue weighted by Crippen LogP contribution is 2.37. The molecule has 0 saturated heterocycles. The molecule has 1 heterocycles. The van der Waals surface area contributed by atoms with Crippen molar-refractivity contribution in [2.24, 2.45) is 5.73 Å². The fourth-order valence-corrected chi connectivity index (χ4v) is 2.95. The van der Waals surface area contributed by atoms with Crippen LogP contribution in [0.5, 0.6) is 11.5 Å². The Bertz CT molecular complexity index is 661. The van der Waals surface area contributed by atoms with Crippen LogP contribution in [-0.2, 0) is 0 Å². The Labute approximate surface area is 127 Å². The molecular formula is C16H16FNO2S. The molecule has 1 aliphatic rings. The number of nitrogens with two attached hydrogens (primary N) is 1. The second kappa shape index (κ2) is 5.95. The highest BCUT2D eigenvalue weighted by Gasteiger charge is 2.13. The van der Waals surface area contributed by atoms with Gasteiger partial charge in [0.15, 0.2) is 11.5 Å². The van der Waals surface area contributed by atoms with Crippen molar-refractivity contribution in [2.75, 3.05) is 13.2 Å². The van der Waals surface area contributed by atoms with Gasteiger partial charge in [-0.15, -0.1) is 0 Å². The van der Waals surface area contributed by atoms with Crippen LogP contribution in [0.1, 0.15) is 18.5 Å². The van der Waals surface area contributed by atoms with E-state index in [-0.39, 0.29) is 11.9 Å². The number of fused-ring (bicyclic) bond motifs is 1. The number of hydrogen-bond donors (Lipinski definition) is 1. The minimum Gasteiger partial charge on any atom is -0.486 e. The summed E-state index contributed by atoms with van der Waals surface area (Å²) in [7, 11) is 0. The van der Waals surface area contributed by atoms with Crippen LogP contribution in [0.2, 0.25) is 0 Å². The predicted octanol–water partition coefficient (Wildman–Crippen LogP) is 3.77. The van der Waals surface area contributed by atoms with Crippen molar-refractivity contribution in [1.82, 2.24) is 0 Å². The summed E-state index contributed by atoms with van der Waals surface area (Å²) in [6, 6.07) is 10.6. The third-order valence-corrected chi connectivity index (χ3v) is 4.26. The lowest BCUT2D eigenvalue weighted by atomic mass is 10.1. The van der Waals surface area contributed by atoms with Crippen molar-refractivity contribution in [2.45, 2.75) is 22.8 Å². The smallest absolute Gasteiger partial charge is 0.162 e. The minimum atomic E-state index is -0.260. The van der Waals surface area contributed by atoms with Gasteiger partial charge in [0, 0.05) is 15.8 Å². The molecule has 1 aliphatic heterocycles. The summed E-state index contributed by atoms with van der Waals surface area (Å²) in [5.74, 6) is 1.18. The van der Waals surface area contributed by atoms with Crippen LogP contribution in [0, 0.1) is 5.82 Å². The number of hydrogen-bond acceptors (Lipinski definition) is 4. The first-order valence-electron chi connectivity index (χ1n) is 6.76. The van der Waals surface area contributed by atoms with Gasteiger partial charge in [-0.05, 0) is 42.8 Å². The predicted molar refractivity (Wildman–Crippen MR) is 80.6 cm³/mol. The summed E-state index contributed by atoms with van der Waals surface area (Å²) in [6.45, 7) is 2.94. The van der Waals surface area contributed by atoms with Crippen LogP contribution < -0.4 is 15.2 Å². The Hall–Kier alpha value is -1.72. The van der Waals surface area contributed by atoms with E-state index < -0.39 is 0 Å². The molecule has 0 radical (unpaired) electrons. The SMILES string of the molecule is C[C@@H](N)c1ccc(Sc2ccc3c(c2)OCCO3)c(F)c1. The molecule has 0 saturated carbocycles. The normalized spacial score (nSPS) is 14.8. The average Bonchev–Trinajstić information content (AvgIpc) is 2.49. The van der Waals surface area contributed by atoms with E-state index in [4.69, 9.17) is 15.2 Å². The third-order valence-electron chi connectivity index (χ3n) is 3.22. The van der Waals surface area contributed by atoms with E-state index >= 15 is 0 Å². The van der Waals surface area contributed by atoms with E-state index in [9.17, 15) is 4.39 Å². The molecule has 0 fully saturated rings. The van der Waals surface area contributed by atoms with Crippen molar-refractivity contribution in [1.29, 1.82) is 0 Å². The van der Waals surface area contributed by atoms with Gasteiger partial charge < -0.3 is 15.2 Å². The van der Waals surface area contributed by atoms with Crippen LogP contribution >= 0.6 is 11.8 Å². The summed E-state index contributed by atoms with van der Waals surface area (Å²) in [4.78, 5) is 1.47. The van der Waals surface area contributed by atoms with Gasteiger partial charge in [-0.3, -0.25) is 0 Å². The van der Waals surface area contributed by atoms with Crippen molar-refractivity contribution in [3.05, 3.63) is 47.8 Å². The molecule has 21 heavy (non-hydrogen) atoms. The van der Waals surface area contributed by atoms with Crippen molar-refractivity contribution in [3.63, 3.8) is 0 Å². The molecule has 0 aliphatic carbocycles. The molecule has 3 rings (SSSR count). The van der Waals surface area contributed by atoms with Gasteiger partial charge in [-0.1, -0.05) is 17.8 Å². The minimum absolute atomic E-state index is 0.173. The van der Waals surface area contributed by atoms with Crippen LogP contribution in [0.4, 0.5) is 4.39 Å². The maximum Gasteiger partial charge on any atom is 0.162 e. The lowest BCUT2D eigenvalue weighted by Gasteiger charge is -2.18. The van der Waals surface area contributed by atoms with Gasteiger partial charge in [-0.25, -0.2) is 4.39 Å². The molecule has 5 heteroatoms. The van der Waals surface area contributed by atoms with Gasteiger partial charge >= 0.3 is 0 Å². The first kappa shape index (κ1) is 14.2. The largest absolute Gasteiger partial charge is 0.486 e. The topological polar surface area (TPSA) is 44.5 Å². The number of benzene rings is 2. The quantitative estimate of drug-likeness (QED) is 0.937. The van der Waals surface area contributed by atoms with Crippen molar-refractivity contribution in [3.8, 4) is 11.5 Å². The molecule has 2 N–H and O–H groups in total. The summed E-state index contributed by atoms with van der Waals surface area (Å²) >= 11 is 1.36.